The molecule has 1 aliphatic heterocycles. The van der Waals surface area contributed by atoms with Gasteiger partial charge < -0.3 is 0 Å². The second kappa shape index (κ2) is 9.75. The molecule has 2 aromatic rings. The van der Waals surface area contributed by atoms with E-state index in [1.807, 2.05) is 48.4 Å². The van der Waals surface area contributed by atoms with Crippen LogP contribution in [0.4, 0.5) is 4.79 Å². The monoisotopic (exact) mass is 431 g/mol. The molecule has 1 aromatic heterocycles. The van der Waals surface area contributed by atoms with Gasteiger partial charge in [0.25, 0.3) is 0 Å². The SMILES string of the molecule is COc1nc(C)cnc1[AsH]CC1CCN(C(=O)OCc2ccccc2)CC1. The maximum atomic E-state index is 12.2. The zero-order valence-corrected chi connectivity index (χ0v) is 17.9. The van der Waals surface area contributed by atoms with Gasteiger partial charge in [-0.1, -0.05) is 0 Å². The number of hydrogen-bond donors (Lipinski definition) is 0. The number of aromatic nitrogens is 2. The molecule has 0 spiro atoms. The van der Waals surface area contributed by atoms with Crippen LogP contribution in [0, 0.1) is 12.8 Å². The van der Waals surface area contributed by atoms with E-state index in [0.29, 0.717) is 18.4 Å². The number of amides is 1. The average Bonchev–Trinajstić information content (AvgIpc) is 2.72. The topological polar surface area (TPSA) is 64.6 Å². The molecule has 1 fully saturated rings. The predicted molar refractivity (Wildman–Crippen MR) is 106 cm³/mol. The summed E-state index contributed by atoms with van der Waals surface area (Å²) in [5.41, 5.74) is 1.89. The summed E-state index contributed by atoms with van der Waals surface area (Å²) < 4.78 is 11.8. The van der Waals surface area contributed by atoms with Crippen LogP contribution in [-0.4, -0.2) is 56.9 Å². The van der Waals surface area contributed by atoms with Crippen molar-refractivity contribution in [2.24, 2.45) is 5.92 Å². The van der Waals surface area contributed by atoms with E-state index in [1.54, 1.807) is 7.11 Å². The Kier molecular flexibility index (Phi) is 7.10. The van der Waals surface area contributed by atoms with Gasteiger partial charge in [0.15, 0.2) is 0 Å². The fraction of sp³-hybridized carbons (Fsp3) is 0.450. The van der Waals surface area contributed by atoms with E-state index in [2.05, 4.69) is 9.97 Å². The number of likely N-dealkylation sites (tertiary alicyclic amines) is 1. The first kappa shape index (κ1) is 19.7. The molecule has 144 valence electrons. The van der Waals surface area contributed by atoms with Crippen LogP contribution in [0.2, 0.25) is 5.21 Å². The Morgan fingerprint density at radius 3 is 2.70 bits per heavy atom. The summed E-state index contributed by atoms with van der Waals surface area (Å²) in [6, 6.07) is 9.78. The molecule has 0 N–H and O–H groups in total. The summed E-state index contributed by atoms with van der Waals surface area (Å²) in [7, 11) is 1.65. The molecule has 0 aliphatic carbocycles. The van der Waals surface area contributed by atoms with Crippen molar-refractivity contribution in [3.63, 3.8) is 0 Å². The van der Waals surface area contributed by atoms with E-state index < -0.39 is 0 Å². The number of carbonyl (C=O) groups excluding carboxylic acids is 1. The van der Waals surface area contributed by atoms with Crippen LogP contribution in [0.15, 0.2) is 36.5 Å². The second-order valence-electron chi connectivity index (χ2n) is 6.72. The molecule has 0 bridgehead atoms. The van der Waals surface area contributed by atoms with E-state index in [0.717, 1.165) is 46.9 Å². The number of methoxy groups -OCH3 is 1. The molecule has 6 nitrogen and oxygen atoms in total. The van der Waals surface area contributed by atoms with Crippen molar-refractivity contribution in [2.45, 2.75) is 31.6 Å². The number of hydrogen-bond acceptors (Lipinski definition) is 5. The van der Waals surface area contributed by atoms with Gasteiger partial charge in [-0.3, -0.25) is 0 Å². The third kappa shape index (κ3) is 5.70. The van der Waals surface area contributed by atoms with Crippen molar-refractivity contribution in [2.75, 3.05) is 20.2 Å². The molecular weight excluding hydrogens is 405 g/mol. The van der Waals surface area contributed by atoms with E-state index in [9.17, 15) is 4.79 Å². The molecule has 7 heteroatoms. The molecule has 1 amide bonds. The Hall–Kier alpha value is -2.07. The number of piperidine rings is 1. The van der Waals surface area contributed by atoms with Gasteiger partial charge in [-0.2, -0.15) is 0 Å². The van der Waals surface area contributed by atoms with Crippen LogP contribution in [0.3, 0.4) is 0 Å². The number of carbonyl (C=O) groups is 1. The Bertz CT molecular complexity index is 749. The van der Waals surface area contributed by atoms with E-state index in [1.165, 1.54) is 0 Å². The van der Waals surface area contributed by atoms with Crippen LogP contribution >= 0.6 is 0 Å². The van der Waals surface area contributed by atoms with Gasteiger partial charge in [-0.15, -0.1) is 0 Å². The second-order valence-corrected chi connectivity index (χ2v) is 9.31. The summed E-state index contributed by atoms with van der Waals surface area (Å²) in [5, 5.41) is 1.15. The zero-order valence-electron chi connectivity index (χ0n) is 15.9. The molecule has 1 unspecified atom stereocenters. The molecule has 0 radical (unpaired) electrons. The van der Waals surface area contributed by atoms with Gasteiger partial charge in [-0.05, 0) is 0 Å². The Labute approximate surface area is 167 Å². The van der Waals surface area contributed by atoms with Gasteiger partial charge in [-0.25, -0.2) is 0 Å². The summed E-state index contributed by atoms with van der Waals surface area (Å²) in [5.74, 6) is 1.31. The van der Waals surface area contributed by atoms with E-state index in [-0.39, 0.29) is 21.8 Å². The first-order valence-corrected chi connectivity index (χ1v) is 11.8. The zero-order chi connectivity index (χ0) is 19.1. The van der Waals surface area contributed by atoms with Crippen LogP contribution in [-0.2, 0) is 11.3 Å². The first-order chi connectivity index (χ1) is 13.2. The molecule has 1 aromatic carbocycles. The number of benzene rings is 1. The molecule has 1 saturated heterocycles. The van der Waals surface area contributed by atoms with E-state index in [4.69, 9.17) is 9.47 Å². The number of nitrogens with zero attached hydrogens (tertiary/aromatic N) is 3. The summed E-state index contributed by atoms with van der Waals surface area (Å²) >= 11 is -0.389. The summed E-state index contributed by atoms with van der Waals surface area (Å²) in [6.07, 6.45) is 3.64. The summed E-state index contributed by atoms with van der Waals surface area (Å²) in [6.45, 7) is 3.78. The normalized spacial score (nSPS) is 15.3. The van der Waals surface area contributed by atoms with Crippen molar-refractivity contribution < 1.29 is 14.3 Å². The minimum atomic E-state index is -0.389. The Morgan fingerprint density at radius 2 is 2.00 bits per heavy atom. The number of rotatable bonds is 6. The van der Waals surface area contributed by atoms with Crippen LogP contribution in [0.5, 0.6) is 5.88 Å². The van der Waals surface area contributed by atoms with Crippen molar-refractivity contribution >= 4 is 26.3 Å². The van der Waals surface area contributed by atoms with Gasteiger partial charge in [0.2, 0.25) is 0 Å². The third-order valence-electron chi connectivity index (χ3n) is 4.69. The average molecular weight is 431 g/mol. The fourth-order valence-corrected chi connectivity index (χ4v) is 5.93. The predicted octanol–water partition coefficient (Wildman–Crippen LogP) is 2.32. The fourth-order valence-electron chi connectivity index (χ4n) is 3.09. The third-order valence-corrected chi connectivity index (χ3v) is 7.75. The standard InChI is InChI=1S/C20H26AsN3O3/c1-15-13-22-18(19(23-15)26-2)21-12-16-8-10-24(11-9-16)20(25)27-14-17-6-4-3-5-7-17/h3-7,13,16,21H,8-12,14H2,1-2H3. The molecule has 27 heavy (non-hydrogen) atoms. The number of aryl methyl sites for hydroxylation is 1. The van der Waals surface area contributed by atoms with Gasteiger partial charge in [0, 0.05) is 0 Å². The van der Waals surface area contributed by atoms with Gasteiger partial charge >= 0.3 is 167 Å². The van der Waals surface area contributed by atoms with E-state index >= 15 is 0 Å². The van der Waals surface area contributed by atoms with Crippen molar-refractivity contribution in [1.29, 1.82) is 0 Å². The first-order valence-electron chi connectivity index (χ1n) is 9.23. The van der Waals surface area contributed by atoms with Crippen molar-refractivity contribution in [1.82, 2.24) is 14.9 Å². The van der Waals surface area contributed by atoms with Crippen molar-refractivity contribution in [3.05, 3.63) is 47.8 Å². The molecule has 1 atom stereocenters. The van der Waals surface area contributed by atoms with Gasteiger partial charge in [0.1, 0.15) is 0 Å². The molecule has 2 heterocycles. The number of ether oxygens (including phenoxy) is 2. The van der Waals surface area contributed by atoms with Gasteiger partial charge in [0.05, 0.1) is 0 Å². The van der Waals surface area contributed by atoms with Crippen LogP contribution in [0.1, 0.15) is 24.1 Å². The molecular formula is C20H26AsN3O3. The molecule has 3 rings (SSSR count). The van der Waals surface area contributed by atoms with Crippen LogP contribution < -0.4 is 9.22 Å². The van der Waals surface area contributed by atoms with Crippen LogP contribution in [0.25, 0.3) is 0 Å². The Balaban J connectivity index is 1.41. The summed E-state index contributed by atoms with van der Waals surface area (Å²) in [4.78, 5) is 23.0. The Morgan fingerprint density at radius 1 is 1.26 bits per heavy atom. The molecule has 0 saturated carbocycles. The minimum absolute atomic E-state index is 0.209. The van der Waals surface area contributed by atoms with Crippen molar-refractivity contribution in [3.8, 4) is 5.88 Å². The quantitative estimate of drug-likeness (QED) is 0.657. The maximum absolute atomic E-state index is 12.2. The molecule has 1 aliphatic rings.